The smallest absolute Gasteiger partial charge is 0.0154 e. The Kier molecular flexibility index (Phi) is 16.0. The van der Waals surface area contributed by atoms with Gasteiger partial charge in [-0.1, -0.05) is 15.9 Å². The Labute approximate surface area is 39.8 Å². The minimum Gasteiger partial charge on any atom is -0.412 e. The summed E-state index contributed by atoms with van der Waals surface area (Å²) in [5, 5.41) is 0.910. The fourth-order valence-electron chi connectivity index (χ4n) is 0. The van der Waals surface area contributed by atoms with Gasteiger partial charge in [0.25, 0.3) is 0 Å². The SMILES string of the molecule is NCCBr.O. The first-order chi connectivity index (χ1) is 1.91. The van der Waals surface area contributed by atoms with Gasteiger partial charge >= 0.3 is 0 Å². The first kappa shape index (κ1) is 9.04. The van der Waals surface area contributed by atoms with Crippen molar-refractivity contribution in [1.29, 1.82) is 0 Å². The molecule has 0 rings (SSSR count). The predicted molar refractivity (Wildman–Crippen MR) is 26.5 cm³/mol. The Morgan fingerprint density at radius 2 is 1.80 bits per heavy atom. The highest BCUT2D eigenvalue weighted by atomic mass is 79.9. The van der Waals surface area contributed by atoms with Crippen molar-refractivity contribution in [2.45, 2.75) is 0 Å². The molecule has 0 saturated heterocycles. The number of halogens is 1. The van der Waals surface area contributed by atoms with Gasteiger partial charge in [-0.3, -0.25) is 0 Å². The lowest BCUT2D eigenvalue weighted by molar-refractivity contribution is 0.824. The average Bonchev–Trinajstić information content (AvgIpc) is 1.37. The highest BCUT2D eigenvalue weighted by Gasteiger charge is 1.57. The molecule has 0 saturated carbocycles. The van der Waals surface area contributed by atoms with Crippen molar-refractivity contribution in [2.75, 3.05) is 11.9 Å². The molecule has 0 aromatic carbocycles. The maximum absolute atomic E-state index is 4.98. The van der Waals surface area contributed by atoms with E-state index < -0.39 is 0 Å². The molecule has 0 aromatic heterocycles. The second kappa shape index (κ2) is 8.83. The minimum atomic E-state index is 0. The van der Waals surface area contributed by atoms with Gasteiger partial charge in [0, 0.05) is 11.9 Å². The van der Waals surface area contributed by atoms with Crippen LogP contribution in [-0.4, -0.2) is 17.4 Å². The van der Waals surface area contributed by atoms with E-state index in [1.54, 1.807) is 0 Å². The normalized spacial score (nSPS) is 6.00. The van der Waals surface area contributed by atoms with Crippen LogP contribution < -0.4 is 5.73 Å². The quantitative estimate of drug-likeness (QED) is 0.493. The Bertz CT molecular complexity index is 11.6. The van der Waals surface area contributed by atoms with Gasteiger partial charge in [-0.15, -0.1) is 0 Å². The largest absolute Gasteiger partial charge is 0.412 e. The van der Waals surface area contributed by atoms with Gasteiger partial charge in [0.1, 0.15) is 0 Å². The van der Waals surface area contributed by atoms with E-state index >= 15 is 0 Å². The van der Waals surface area contributed by atoms with Crippen molar-refractivity contribution >= 4 is 15.9 Å². The van der Waals surface area contributed by atoms with E-state index in [9.17, 15) is 0 Å². The van der Waals surface area contributed by atoms with Crippen molar-refractivity contribution in [3.05, 3.63) is 0 Å². The Hall–Kier alpha value is 0.400. The van der Waals surface area contributed by atoms with Gasteiger partial charge in [-0.25, -0.2) is 0 Å². The number of rotatable bonds is 1. The average molecular weight is 142 g/mol. The first-order valence-corrected chi connectivity index (χ1v) is 2.30. The topological polar surface area (TPSA) is 57.5 Å². The zero-order chi connectivity index (χ0) is 3.41. The molecule has 0 unspecified atom stereocenters. The van der Waals surface area contributed by atoms with E-state index in [-0.39, 0.29) is 5.48 Å². The van der Waals surface area contributed by atoms with Crippen molar-refractivity contribution in [1.82, 2.24) is 0 Å². The Morgan fingerprint density at radius 3 is 1.80 bits per heavy atom. The number of hydrogen-bond donors (Lipinski definition) is 1. The maximum atomic E-state index is 4.98. The fourth-order valence-corrected chi connectivity index (χ4v) is 0. The summed E-state index contributed by atoms with van der Waals surface area (Å²) in [6.45, 7) is 0.736. The third kappa shape index (κ3) is 12.9. The van der Waals surface area contributed by atoms with Crippen molar-refractivity contribution in [3.63, 3.8) is 0 Å². The summed E-state index contributed by atoms with van der Waals surface area (Å²) < 4.78 is 0. The van der Waals surface area contributed by atoms with Gasteiger partial charge in [0.2, 0.25) is 0 Å². The van der Waals surface area contributed by atoms with E-state index in [4.69, 9.17) is 5.73 Å². The second-order valence-corrected chi connectivity index (χ2v) is 1.27. The lowest BCUT2D eigenvalue weighted by Crippen LogP contribution is -1.97. The summed E-state index contributed by atoms with van der Waals surface area (Å²) in [5.41, 5.74) is 4.98. The molecule has 2 nitrogen and oxygen atoms in total. The molecule has 0 bridgehead atoms. The highest BCUT2D eigenvalue weighted by Crippen LogP contribution is 1.67. The zero-order valence-corrected chi connectivity index (χ0v) is 4.46. The van der Waals surface area contributed by atoms with Crippen LogP contribution >= 0.6 is 15.9 Å². The molecule has 0 aromatic rings. The van der Waals surface area contributed by atoms with Crippen LogP contribution in [0.5, 0.6) is 0 Å². The molecule has 4 N–H and O–H groups in total. The molecule has 0 heterocycles. The summed E-state index contributed by atoms with van der Waals surface area (Å²) in [5.74, 6) is 0. The molecule has 34 valence electrons. The third-order valence-corrected chi connectivity index (χ3v) is 0.567. The molecular formula is C2H8BrNO. The van der Waals surface area contributed by atoms with Crippen molar-refractivity contribution in [3.8, 4) is 0 Å². The van der Waals surface area contributed by atoms with Gasteiger partial charge in [0.05, 0.1) is 0 Å². The Morgan fingerprint density at radius 1 is 1.60 bits per heavy atom. The number of hydrogen-bond acceptors (Lipinski definition) is 1. The van der Waals surface area contributed by atoms with Crippen LogP contribution in [-0.2, 0) is 0 Å². The molecule has 0 radical (unpaired) electrons. The van der Waals surface area contributed by atoms with Gasteiger partial charge in [0.15, 0.2) is 0 Å². The fraction of sp³-hybridized carbons (Fsp3) is 1.00. The number of alkyl halides is 1. The van der Waals surface area contributed by atoms with Crippen LogP contribution in [0.4, 0.5) is 0 Å². The molecule has 0 aliphatic heterocycles. The van der Waals surface area contributed by atoms with E-state index in [1.807, 2.05) is 0 Å². The Balaban J connectivity index is 0. The van der Waals surface area contributed by atoms with Crippen LogP contribution in [0.25, 0.3) is 0 Å². The highest BCUT2D eigenvalue weighted by molar-refractivity contribution is 9.09. The summed E-state index contributed by atoms with van der Waals surface area (Å²) in [4.78, 5) is 0. The van der Waals surface area contributed by atoms with Crippen LogP contribution in [0, 0.1) is 0 Å². The van der Waals surface area contributed by atoms with Crippen molar-refractivity contribution < 1.29 is 5.48 Å². The maximum Gasteiger partial charge on any atom is 0.0154 e. The van der Waals surface area contributed by atoms with Crippen LogP contribution in [0.1, 0.15) is 0 Å². The predicted octanol–water partition coefficient (Wildman–Crippen LogP) is -0.485. The molecule has 0 aliphatic carbocycles. The zero-order valence-electron chi connectivity index (χ0n) is 2.87. The van der Waals surface area contributed by atoms with E-state index in [2.05, 4.69) is 15.9 Å². The molecule has 0 spiro atoms. The van der Waals surface area contributed by atoms with E-state index in [1.165, 1.54) is 0 Å². The van der Waals surface area contributed by atoms with E-state index in [0.717, 1.165) is 11.9 Å². The lowest BCUT2D eigenvalue weighted by Gasteiger charge is -1.68. The second-order valence-electron chi connectivity index (χ2n) is 0.478. The van der Waals surface area contributed by atoms with Crippen molar-refractivity contribution in [2.24, 2.45) is 5.73 Å². The molecular weight excluding hydrogens is 134 g/mol. The van der Waals surface area contributed by atoms with Crippen LogP contribution in [0.2, 0.25) is 0 Å². The molecule has 0 fully saturated rings. The third-order valence-electron chi connectivity index (χ3n) is 0.109. The molecule has 5 heavy (non-hydrogen) atoms. The molecule has 0 atom stereocenters. The van der Waals surface area contributed by atoms with Crippen LogP contribution in [0.3, 0.4) is 0 Å². The van der Waals surface area contributed by atoms with Gasteiger partial charge in [-0.2, -0.15) is 0 Å². The lowest BCUT2D eigenvalue weighted by atomic mass is 10.8. The van der Waals surface area contributed by atoms with Crippen LogP contribution in [0.15, 0.2) is 0 Å². The molecule has 0 aliphatic rings. The van der Waals surface area contributed by atoms with E-state index in [0.29, 0.717) is 0 Å². The van der Waals surface area contributed by atoms with Gasteiger partial charge < -0.3 is 11.2 Å². The van der Waals surface area contributed by atoms with Gasteiger partial charge in [-0.05, 0) is 0 Å². The molecule has 0 amide bonds. The first-order valence-electron chi connectivity index (χ1n) is 1.18. The standard InChI is InChI=1S/C2H6BrN.H2O/c3-1-2-4;/h1-2,4H2;1H2. The minimum absolute atomic E-state index is 0. The summed E-state index contributed by atoms with van der Waals surface area (Å²) >= 11 is 3.12. The summed E-state index contributed by atoms with van der Waals surface area (Å²) in [7, 11) is 0. The summed E-state index contributed by atoms with van der Waals surface area (Å²) in [6.07, 6.45) is 0. The monoisotopic (exact) mass is 141 g/mol. The molecule has 3 heteroatoms. The summed E-state index contributed by atoms with van der Waals surface area (Å²) in [6, 6.07) is 0. The number of nitrogens with two attached hydrogens (primary N) is 1.